The number of nitrogens with one attached hydrogen (secondary N) is 2. The highest BCUT2D eigenvalue weighted by Gasteiger charge is 2.40. The molecule has 0 bridgehead atoms. The lowest BCUT2D eigenvalue weighted by molar-refractivity contribution is -0.121. The van der Waals surface area contributed by atoms with E-state index in [1.807, 2.05) is 25.1 Å². The molecular weight excluding hydrogens is 424 g/mol. The summed E-state index contributed by atoms with van der Waals surface area (Å²) in [5, 5.41) is 26.4. The third-order valence-electron chi connectivity index (χ3n) is 6.70. The van der Waals surface area contributed by atoms with Crippen molar-refractivity contribution in [3.05, 3.63) is 46.5 Å². The van der Waals surface area contributed by atoms with Crippen LogP contribution in [0.2, 0.25) is 0 Å². The number of thiazole rings is 1. The maximum absolute atomic E-state index is 12.5. The van der Waals surface area contributed by atoms with Crippen molar-refractivity contribution in [1.29, 1.82) is 0 Å². The van der Waals surface area contributed by atoms with Gasteiger partial charge in [0.25, 0.3) is 0 Å². The summed E-state index contributed by atoms with van der Waals surface area (Å²) in [5.41, 5.74) is 3.84. The Kier molecular flexibility index (Phi) is 5.79. The zero-order chi connectivity index (χ0) is 22.1. The second-order valence-corrected chi connectivity index (χ2v) is 9.87. The minimum Gasteiger partial charge on any atom is -0.384 e. The highest BCUT2D eigenvalue weighted by Crippen LogP contribution is 2.40. The number of fused-ring (bicyclic) bond motifs is 1. The van der Waals surface area contributed by atoms with Gasteiger partial charge in [-0.05, 0) is 44.7 Å². The van der Waals surface area contributed by atoms with Crippen molar-refractivity contribution in [3.8, 4) is 0 Å². The van der Waals surface area contributed by atoms with E-state index in [0.717, 1.165) is 65.8 Å². The first-order valence-electron chi connectivity index (χ1n) is 11.1. The smallest absolute Gasteiger partial charge is 0.239 e. The first kappa shape index (κ1) is 21.2. The highest BCUT2D eigenvalue weighted by atomic mass is 32.1. The van der Waals surface area contributed by atoms with E-state index in [1.165, 1.54) is 11.3 Å². The van der Waals surface area contributed by atoms with Gasteiger partial charge in [0.15, 0.2) is 0 Å². The molecule has 0 atom stereocenters. The number of likely N-dealkylation sites (tertiary alicyclic amines) is 1. The highest BCUT2D eigenvalue weighted by molar-refractivity contribution is 7.09. The number of aryl methyl sites for hydroxylation is 1. The van der Waals surface area contributed by atoms with Gasteiger partial charge in [-0.2, -0.15) is 10.2 Å². The zero-order valence-corrected chi connectivity index (χ0v) is 18.9. The lowest BCUT2D eigenvalue weighted by Crippen LogP contribution is -2.63. The number of rotatable bonds is 6. The summed E-state index contributed by atoms with van der Waals surface area (Å²) in [4.78, 5) is 20.0. The van der Waals surface area contributed by atoms with Crippen LogP contribution in [0.25, 0.3) is 10.9 Å². The molecule has 5 rings (SSSR count). The standard InChI is InChI=1S/C23H28N6O2S/c1-15-2-3-19-18(8-15)20(9-26-28-19)25-11-22(30)27-16-12-29(13-16)17-4-6-23(31,7-5-17)21-10-24-14-32-21/h2-3,8-10,14,16-17,31H,4-7,11-13H2,1H3,(H,25,28)(H,27,30)/t17-,23-. The molecule has 1 saturated heterocycles. The number of carbonyl (C=O) groups excluding carboxylic acids is 1. The molecule has 1 aromatic carbocycles. The fourth-order valence-corrected chi connectivity index (χ4v) is 5.59. The first-order chi connectivity index (χ1) is 15.5. The Morgan fingerprint density at radius 3 is 2.84 bits per heavy atom. The van der Waals surface area contributed by atoms with Crippen molar-refractivity contribution in [2.45, 2.75) is 50.3 Å². The molecule has 3 aromatic rings. The van der Waals surface area contributed by atoms with Crippen molar-refractivity contribution >= 4 is 33.8 Å². The Hall–Kier alpha value is -2.62. The van der Waals surface area contributed by atoms with Crippen molar-refractivity contribution in [2.24, 2.45) is 0 Å². The van der Waals surface area contributed by atoms with Crippen LogP contribution in [0, 0.1) is 6.92 Å². The summed E-state index contributed by atoms with van der Waals surface area (Å²) in [6.07, 6.45) is 6.93. The van der Waals surface area contributed by atoms with Crippen LogP contribution in [-0.2, 0) is 10.4 Å². The molecule has 0 unspecified atom stereocenters. The summed E-state index contributed by atoms with van der Waals surface area (Å²) < 4.78 is 0. The molecule has 1 aliphatic carbocycles. The maximum atomic E-state index is 12.5. The topological polar surface area (TPSA) is 103 Å². The quantitative estimate of drug-likeness (QED) is 0.528. The van der Waals surface area contributed by atoms with Crippen LogP contribution in [0.1, 0.15) is 36.1 Å². The van der Waals surface area contributed by atoms with Gasteiger partial charge in [0, 0.05) is 30.7 Å². The van der Waals surface area contributed by atoms with Gasteiger partial charge < -0.3 is 15.7 Å². The van der Waals surface area contributed by atoms with Crippen LogP contribution in [0.15, 0.2) is 36.1 Å². The van der Waals surface area contributed by atoms with E-state index < -0.39 is 5.60 Å². The number of benzene rings is 1. The van der Waals surface area contributed by atoms with Gasteiger partial charge >= 0.3 is 0 Å². The number of nitrogens with zero attached hydrogens (tertiary/aromatic N) is 4. The Balaban J connectivity index is 1.07. The monoisotopic (exact) mass is 452 g/mol. The molecule has 32 heavy (non-hydrogen) atoms. The van der Waals surface area contributed by atoms with E-state index in [0.29, 0.717) is 6.04 Å². The molecule has 0 radical (unpaired) electrons. The second kappa shape index (κ2) is 8.73. The number of hydrogen-bond acceptors (Lipinski definition) is 8. The van der Waals surface area contributed by atoms with Crippen LogP contribution in [0.4, 0.5) is 5.69 Å². The fourth-order valence-electron chi connectivity index (χ4n) is 4.81. The summed E-state index contributed by atoms with van der Waals surface area (Å²) in [6, 6.07) is 6.65. The van der Waals surface area contributed by atoms with Crippen LogP contribution in [0.5, 0.6) is 0 Å². The fraction of sp³-hybridized carbons (Fsp3) is 0.478. The Bertz CT molecular complexity index is 1090. The largest absolute Gasteiger partial charge is 0.384 e. The molecule has 168 valence electrons. The van der Waals surface area contributed by atoms with E-state index in [-0.39, 0.29) is 18.5 Å². The zero-order valence-electron chi connectivity index (χ0n) is 18.1. The van der Waals surface area contributed by atoms with E-state index in [4.69, 9.17) is 0 Å². The third kappa shape index (κ3) is 4.32. The molecule has 2 fully saturated rings. The normalized spacial score (nSPS) is 24.2. The van der Waals surface area contributed by atoms with Crippen molar-refractivity contribution in [3.63, 3.8) is 0 Å². The van der Waals surface area contributed by atoms with Crippen LogP contribution >= 0.6 is 11.3 Å². The first-order valence-corrected chi connectivity index (χ1v) is 12.0. The van der Waals surface area contributed by atoms with E-state index in [1.54, 1.807) is 17.9 Å². The Morgan fingerprint density at radius 1 is 1.28 bits per heavy atom. The maximum Gasteiger partial charge on any atom is 0.239 e. The average Bonchev–Trinajstić information content (AvgIpc) is 3.31. The lowest BCUT2D eigenvalue weighted by Gasteiger charge is -2.48. The molecule has 9 heteroatoms. The van der Waals surface area contributed by atoms with Gasteiger partial charge in [0.05, 0.1) is 40.4 Å². The number of anilines is 1. The van der Waals surface area contributed by atoms with Crippen molar-refractivity contribution in [2.75, 3.05) is 25.0 Å². The number of aliphatic hydroxyl groups is 1. The molecule has 2 aliphatic rings. The summed E-state index contributed by atoms with van der Waals surface area (Å²) in [6.45, 7) is 3.98. The predicted octanol–water partition coefficient (Wildman–Crippen LogP) is 2.44. The van der Waals surface area contributed by atoms with Crippen LogP contribution in [-0.4, -0.2) is 62.8 Å². The van der Waals surface area contributed by atoms with Crippen LogP contribution in [0.3, 0.4) is 0 Å². The molecule has 1 amide bonds. The molecule has 1 saturated carbocycles. The van der Waals surface area contributed by atoms with Gasteiger partial charge in [0.2, 0.25) is 5.91 Å². The molecule has 0 spiro atoms. The predicted molar refractivity (Wildman–Crippen MR) is 125 cm³/mol. The summed E-state index contributed by atoms with van der Waals surface area (Å²) in [7, 11) is 0. The summed E-state index contributed by atoms with van der Waals surface area (Å²) >= 11 is 1.53. The molecule has 3 heterocycles. The average molecular weight is 453 g/mol. The number of aromatic nitrogens is 3. The van der Waals surface area contributed by atoms with Gasteiger partial charge in [0.1, 0.15) is 5.60 Å². The van der Waals surface area contributed by atoms with E-state index >= 15 is 0 Å². The SMILES string of the molecule is Cc1ccc2nncc(NCC(=O)NC3CN([C@H]4CC[C@@](O)(c5cncs5)CC4)C3)c2c1. The lowest BCUT2D eigenvalue weighted by atomic mass is 9.80. The van der Waals surface area contributed by atoms with Gasteiger partial charge in [-0.25, -0.2) is 0 Å². The van der Waals surface area contributed by atoms with E-state index in [9.17, 15) is 9.90 Å². The number of carbonyl (C=O) groups is 1. The Morgan fingerprint density at radius 2 is 2.09 bits per heavy atom. The third-order valence-corrected chi connectivity index (χ3v) is 7.66. The Labute approximate surface area is 191 Å². The van der Waals surface area contributed by atoms with Gasteiger partial charge in [-0.1, -0.05) is 11.6 Å². The molecule has 8 nitrogen and oxygen atoms in total. The van der Waals surface area contributed by atoms with Crippen molar-refractivity contribution < 1.29 is 9.90 Å². The minimum atomic E-state index is -0.716. The minimum absolute atomic E-state index is 0.0181. The second-order valence-electron chi connectivity index (χ2n) is 8.98. The van der Waals surface area contributed by atoms with Crippen LogP contribution < -0.4 is 10.6 Å². The molecule has 3 N–H and O–H groups in total. The molecule has 1 aliphatic heterocycles. The summed E-state index contributed by atoms with van der Waals surface area (Å²) in [5.74, 6) is -0.0181. The van der Waals surface area contributed by atoms with Gasteiger partial charge in [-0.15, -0.1) is 11.3 Å². The molecule has 2 aromatic heterocycles. The van der Waals surface area contributed by atoms with Gasteiger partial charge in [-0.3, -0.25) is 14.7 Å². The van der Waals surface area contributed by atoms with Crippen molar-refractivity contribution in [1.82, 2.24) is 25.4 Å². The number of amides is 1. The van der Waals surface area contributed by atoms with E-state index in [2.05, 4.69) is 30.7 Å². The number of hydrogen-bond donors (Lipinski definition) is 3. The molecular formula is C23H28N6O2S.